The van der Waals surface area contributed by atoms with Crippen LogP contribution in [-0.2, 0) is 0 Å². The molecule has 21 heavy (non-hydrogen) atoms. The van der Waals surface area contributed by atoms with Crippen molar-refractivity contribution in [2.24, 2.45) is 5.73 Å². The maximum Gasteiger partial charge on any atom is 0.265 e. The standard InChI is InChI=1S/C16H23N3OS/c1-3-14-12-18(2)9-5-10-19(14)16(20)15-13(6-4-8-17)7-11-21-15/h7,11,14H,3,5,8-10,12,17H2,1-2H3. The topological polar surface area (TPSA) is 49.6 Å². The molecule has 1 fully saturated rings. The summed E-state index contributed by atoms with van der Waals surface area (Å²) in [5.41, 5.74) is 6.23. The summed E-state index contributed by atoms with van der Waals surface area (Å²) in [7, 11) is 2.12. The first-order valence-electron chi connectivity index (χ1n) is 7.43. The Bertz CT molecular complexity index is 543. The van der Waals surface area contributed by atoms with Gasteiger partial charge in [0.1, 0.15) is 4.88 Å². The SMILES string of the molecule is CCC1CN(C)CCCN1C(=O)c1sccc1C#CCN. The van der Waals surface area contributed by atoms with Gasteiger partial charge < -0.3 is 15.5 Å². The van der Waals surface area contributed by atoms with Crippen molar-refractivity contribution in [2.75, 3.05) is 33.2 Å². The van der Waals surface area contributed by atoms with Crippen LogP contribution in [0.5, 0.6) is 0 Å². The molecule has 1 aliphatic rings. The van der Waals surface area contributed by atoms with Crippen LogP contribution in [0.15, 0.2) is 11.4 Å². The van der Waals surface area contributed by atoms with Crippen molar-refractivity contribution in [3.05, 3.63) is 21.9 Å². The fraction of sp³-hybridized carbons (Fsp3) is 0.562. The third-order valence-electron chi connectivity index (χ3n) is 3.82. The normalized spacial score (nSPS) is 19.8. The van der Waals surface area contributed by atoms with Crippen molar-refractivity contribution >= 4 is 17.2 Å². The van der Waals surface area contributed by atoms with E-state index in [1.807, 2.05) is 16.3 Å². The maximum atomic E-state index is 12.9. The molecule has 4 nitrogen and oxygen atoms in total. The maximum absolute atomic E-state index is 12.9. The monoisotopic (exact) mass is 305 g/mol. The smallest absolute Gasteiger partial charge is 0.265 e. The van der Waals surface area contributed by atoms with Gasteiger partial charge in [0.25, 0.3) is 5.91 Å². The number of carbonyl (C=O) groups is 1. The highest BCUT2D eigenvalue weighted by molar-refractivity contribution is 7.12. The van der Waals surface area contributed by atoms with Crippen molar-refractivity contribution in [2.45, 2.75) is 25.8 Å². The van der Waals surface area contributed by atoms with E-state index in [9.17, 15) is 4.79 Å². The van der Waals surface area contributed by atoms with Gasteiger partial charge in [0.05, 0.1) is 6.54 Å². The summed E-state index contributed by atoms with van der Waals surface area (Å²) >= 11 is 1.47. The highest BCUT2D eigenvalue weighted by Gasteiger charge is 2.28. The van der Waals surface area contributed by atoms with E-state index in [4.69, 9.17) is 5.73 Å². The lowest BCUT2D eigenvalue weighted by atomic mass is 10.1. The van der Waals surface area contributed by atoms with Gasteiger partial charge in [-0.05, 0) is 37.9 Å². The number of carbonyl (C=O) groups excluding carboxylic acids is 1. The summed E-state index contributed by atoms with van der Waals surface area (Å²) in [6.45, 7) is 5.27. The first-order valence-corrected chi connectivity index (χ1v) is 8.31. The molecule has 2 N–H and O–H groups in total. The summed E-state index contributed by atoms with van der Waals surface area (Å²) in [5, 5.41) is 1.93. The van der Waals surface area contributed by atoms with Crippen LogP contribution in [0.3, 0.4) is 0 Å². The second-order valence-corrected chi connectivity index (χ2v) is 6.26. The summed E-state index contributed by atoms with van der Waals surface area (Å²) < 4.78 is 0. The van der Waals surface area contributed by atoms with Crippen LogP contribution in [-0.4, -0.2) is 55.0 Å². The van der Waals surface area contributed by atoms with Crippen LogP contribution in [0.2, 0.25) is 0 Å². The van der Waals surface area contributed by atoms with Crippen LogP contribution in [0.1, 0.15) is 35.0 Å². The van der Waals surface area contributed by atoms with Gasteiger partial charge >= 0.3 is 0 Å². The van der Waals surface area contributed by atoms with Crippen LogP contribution in [0.4, 0.5) is 0 Å². The number of amides is 1. The quantitative estimate of drug-likeness (QED) is 0.845. The van der Waals surface area contributed by atoms with E-state index in [0.717, 1.165) is 42.9 Å². The van der Waals surface area contributed by atoms with Gasteiger partial charge in [-0.1, -0.05) is 18.8 Å². The zero-order chi connectivity index (χ0) is 15.2. The fourth-order valence-electron chi connectivity index (χ4n) is 2.71. The number of likely N-dealkylation sites (N-methyl/N-ethyl adjacent to an activating group) is 1. The molecule has 0 aliphatic carbocycles. The van der Waals surface area contributed by atoms with Crippen LogP contribution < -0.4 is 5.73 Å². The van der Waals surface area contributed by atoms with Gasteiger partial charge in [0.2, 0.25) is 0 Å². The van der Waals surface area contributed by atoms with E-state index in [1.165, 1.54) is 11.3 Å². The predicted octanol–water partition coefficient (Wildman–Crippen LogP) is 1.61. The third-order valence-corrected chi connectivity index (χ3v) is 4.72. The molecular weight excluding hydrogens is 282 g/mol. The highest BCUT2D eigenvalue weighted by atomic mass is 32.1. The van der Waals surface area contributed by atoms with Crippen LogP contribution in [0.25, 0.3) is 0 Å². The fourth-order valence-corrected chi connectivity index (χ4v) is 3.51. The average Bonchev–Trinajstić information content (AvgIpc) is 2.86. The van der Waals surface area contributed by atoms with E-state index in [2.05, 4.69) is 30.7 Å². The van der Waals surface area contributed by atoms with E-state index in [0.29, 0.717) is 6.54 Å². The molecule has 0 saturated carbocycles. The third kappa shape index (κ3) is 3.85. The average molecular weight is 305 g/mol. The first-order chi connectivity index (χ1) is 10.2. The van der Waals surface area contributed by atoms with Crippen molar-refractivity contribution < 1.29 is 4.79 Å². The Hall–Kier alpha value is -1.35. The molecule has 0 bridgehead atoms. The largest absolute Gasteiger partial charge is 0.334 e. The predicted molar refractivity (Wildman–Crippen MR) is 87.5 cm³/mol. The number of thiophene rings is 1. The molecule has 1 saturated heterocycles. The second-order valence-electron chi connectivity index (χ2n) is 5.35. The Kier molecular flexibility index (Phi) is 5.80. The lowest BCUT2D eigenvalue weighted by Gasteiger charge is -2.30. The molecule has 1 aromatic heterocycles. The van der Waals surface area contributed by atoms with Crippen molar-refractivity contribution in [3.63, 3.8) is 0 Å². The number of nitrogens with two attached hydrogens (primary N) is 1. The minimum absolute atomic E-state index is 0.119. The van der Waals surface area contributed by atoms with E-state index >= 15 is 0 Å². The Labute approximate surface area is 130 Å². The Morgan fingerprint density at radius 1 is 1.52 bits per heavy atom. The molecule has 0 spiro atoms. The zero-order valence-electron chi connectivity index (χ0n) is 12.8. The van der Waals surface area contributed by atoms with Gasteiger partial charge in [-0.2, -0.15) is 0 Å². The molecule has 0 aromatic carbocycles. The van der Waals surface area contributed by atoms with Crippen LogP contribution >= 0.6 is 11.3 Å². The lowest BCUT2D eigenvalue weighted by molar-refractivity contribution is 0.0680. The van der Waals surface area contributed by atoms with Gasteiger partial charge in [-0.15, -0.1) is 11.3 Å². The molecule has 1 unspecified atom stereocenters. The summed E-state index contributed by atoms with van der Waals surface area (Å²) in [4.78, 5) is 18.0. The minimum Gasteiger partial charge on any atom is -0.334 e. The summed E-state index contributed by atoms with van der Waals surface area (Å²) in [6.07, 6.45) is 2.00. The number of hydrogen-bond acceptors (Lipinski definition) is 4. The van der Waals surface area contributed by atoms with Gasteiger partial charge in [-0.3, -0.25) is 4.79 Å². The molecule has 2 heterocycles. The molecular formula is C16H23N3OS. The van der Waals surface area contributed by atoms with E-state index in [1.54, 1.807) is 0 Å². The number of nitrogens with zero attached hydrogens (tertiary/aromatic N) is 2. The minimum atomic E-state index is 0.119. The summed E-state index contributed by atoms with van der Waals surface area (Å²) in [6, 6.07) is 2.19. The van der Waals surface area contributed by atoms with E-state index in [-0.39, 0.29) is 11.9 Å². The van der Waals surface area contributed by atoms with Gasteiger partial charge in [0.15, 0.2) is 0 Å². The number of rotatable bonds is 2. The molecule has 1 aromatic rings. The number of hydrogen-bond donors (Lipinski definition) is 1. The van der Waals surface area contributed by atoms with Crippen molar-refractivity contribution in [3.8, 4) is 11.8 Å². The van der Waals surface area contributed by atoms with Gasteiger partial charge in [-0.25, -0.2) is 0 Å². The summed E-state index contributed by atoms with van der Waals surface area (Å²) in [5.74, 6) is 5.97. The molecule has 0 radical (unpaired) electrons. The molecule has 2 rings (SSSR count). The molecule has 1 atom stereocenters. The Balaban J connectivity index is 2.23. The molecule has 114 valence electrons. The van der Waals surface area contributed by atoms with Crippen LogP contribution in [0, 0.1) is 11.8 Å². The Morgan fingerprint density at radius 3 is 3.05 bits per heavy atom. The van der Waals surface area contributed by atoms with E-state index < -0.39 is 0 Å². The highest BCUT2D eigenvalue weighted by Crippen LogP contribution is 2.22. The molecule has 1 aliphatic heterocycles. The molecule has 5 heteroatoms. The van der Waals surface area contributed by atoms with Crippen molar-refractivity contribution in [1.29, 1.82) is 0 Å². The van der Waals surface area contributed by atoms with Crippen molar-refractivity contribution in [1.82, 2.24) is 9.80 Å². The lowest BCUT2D eigenvalue weighted by Crippen LogP contribution is -2.43. The Morgan fingerprint density at radius 2 is 2.33 bits per heavy atom. The first kappa shape index (κ1) is 16.0. The second kappa shape index (κ2) is 7.60. The molecule has 1 amide bonds. The van der Waals surface area contributed by atoms with Gasteiger partial charge in [0, 0.05) is 24.7 Å². The zero-order valence-corrected chi connectivity index (χ0v) is 13.6.